The average molecular weight is 249 g/mol. The molecule has 2 atom stereocenters. The molecule has 1 fully saturated rings. The summed E-state index contributed by atoms with van der Waals surface area (Å²) in [6.45, 7) is 5.05. The molecule has 0 bridgehead atoms. The first-order valence-corrected chi connectivity index (χ1v) is 6.21. The highest BCUT2D eigenvalue weighted by molar-refractivity contribution is 7.71. The van der Waals surface area contributed by atoms with Crippen LogP contribution in [-0.4, -0.2) is 27.2 Å². The SMILES string of the molecule is CC1OCCC1(C)n1c(=S)[nH]c2cccnc21. The van der Waals surface area contributed by atoms with Crippen LogP contribution in [0.3, 0.4) is 0 Å². The predicted molar refractivity (Wildman–Crippen MR) is 68.6 cm³/mol. The summed E-state index contributed by atoms with van der Waals surface area (Å²) in [6, 6.07) is 3.91. The molecule has 4 nitrogen and oxygen atoms in total. The summed E-state index contributed by atoms with van der Waals surface area (Å²) < 4.78 is 8.51. The smallest absolute Gasteiger partial charge is 0.179 e. The van der Waals surface area contributed by atoms with Crippen molar-refractivity contribution in [3.63, 3.8) is 0 Å². The lowest BCUT2D eigenvalue weighted by Crippen LogP contribution is -2.37. The molecule has 0 radical (unpaired) electrons. The Labute approximate surface area is 105 Å². The topological polar surface area (TPSA) is 42.8 Å². The predicted octanol–water partition coefficient (Wildman–Crippen LogP) is 2.62. The molecule has 2 aromatic rings. The summed E-state index contributed by atoms with van der Waals surface area (Å²) in [5.41, 5.74) is 1.79. The van der Waals surface area contributed by atoms with Crippen molar-refractivity contribution in [1.82, 2.24) is 14.5 Å². The zero-order valence-electron chi connectivity index (χ0n) is 9.93. The molecule has 0 saturated carbocycles. The van der Waals surface area contributed by atoms with Crippen molar-refractivity contribution >= 4 is 23.4 Å². The highest BCUT2D eigenvalue weighted by Crippen LogP contribution is 2.35. The highest BCUT2D eigenvalue weighted by atomic mass is 32.1. The van der Waals surface area contributed by atoms with Gasteiger partial charge in [0.05, 0.1) is 17.2 Å². The number of rotatable bonds is 1. The van der Waals surface area contributed by atoms with Gasteiger partial charge >= 0.3 is 0 Å². The van der Waals surface area contributed by atoms with Gasteiger partial charge in [-0.05, 0) is 44.6 Å². The van der Waals surface area contributed by atoms with E-state index in [0.29, 0.717) is 0 Å². The van der Waals surface area contributed by atoms with Crippen LogP contribution < -0.4 is 0 Å². The molecule has 1 aliphatic rings. The molecule has 5 heteroatoms. The molecule has 0 aromatic carbocycles. The van der Waals surface area contributed by atoms with Crippen LogP contribution >= 0.6 is 12.2 Å². The van der Waals surface area contributed by atoms with Crippen LogP contribution in [0.4, 0.5) is 0 Å². The third-order valence-electron chi connectivity index (χ3n) is 3.81. The number of imidazole rings is 1. The minimum atomic E-state index is -0.107. The van der Waals surface area contributed by atoms with Gasteiger partial charge < -0.3 is 9.72 Å². The summed E-state index contributed by atoms with van der Waals surface area (Å²) >= 11 is 5.43. The van der Waals surface area contributed by atoms with Gasteiger partial charge in [0.1, 0.15) is 0 Å². The van der Waals surface area contributed by atoms with E-state index in [1.54, 1.807) is 6.20 Å². The maximum absolute atomic E-state index is 5.69. The molecule has 0 aliphatic carbocycles. The van der Waals surface area contributed by atoms with Crippen LogP contribution in [0.15, 0.2) is 18.3 Å². The minimum absolute atomic E-state index is 0.107. The second-order valence-corrected chi connectivity index (χ2v) is 5.15. The third-order valence-corrected chi connectivity index (χ3v) is 4.09. The number of fused-ring (bicyclic) bond motifs is 1. The summed E-state index contributed by atoms with van der Waals surface area (Å²) in [4.78, 5) is 7.65. The van der Waals surface area contributed by atoms with Crippen LogP contribution in [-0.2, 0) is 10.3 Å². The van der Waals surface area contributed by atoms with Gasteiger partial charge in [-0.3, -0.25) is 4.57 Å². The molecule has 2 unspecified atom stereocenters. The highest BCUT2D eigenvalue weighted by Gasteiger charge is 2.40. The minimum Gasteiger partial charge on any atom is -0.376 e. The van der Waals surface area contributed by atoms with E-state index < -0.39 is 0 Å². The van der Waals surface area contributed by atoms with Crippen molar-refractivity contribution < 1.29 is 4.74 Å². The van der Waals surface area contributed by atoms with Gasteiger partial charge in [-0.25, -0.2) is 4.98 Å². The number of pyridine rings is 1. The summed E-state index contributed by atoms with van der Waals surface area (Å²) in [5, 5.41) is 0. The van der Waals surface area contributed by atoms with Crippen molar-refractivity contribution in [2.24, 2.45) is 0 Å². The van der Waals surface area contributed by atoms with E-state index in [-0.39, 0.29) is 11.6 Å². The number of nitrogens with one attached hydrogen (secondary N) is 1. The van der Waals surface area contributed by atoms with Gasteiger partial charge in [0, 0.05) is 12.8 Å². The molecule has 17 heavy (non-hydrogen) atoms. The van der Waals surface area contributed by atoms with Crippen LogP contribution in [0.1, 0.15) is 20.3 Å². The van der Waals surface area contributed by atoms with E-state index >= 15 is 0 Å². The number of ether oxygens (including phenoxy) is 1. The average Bonchev–Trinajstić information content (AvgIpc) is 2.80. The first-order valence-electron chi connectivity index (χ1n) is 5.81. The Balaban J connectivity index is 2.30. The Bertz CT molecular complexity index is 617. The monoisotopic (exact) mass is 249 g/mol. The lowest BCUT2D eigenvalue weighted by molar-refractivity contribution is 0.0768. The van der Waals surface area contributed by atoms with Crippen molar-refractivity contribution in [2.75, 3.05) is 6.61 Å². The zero-order chi connectivity index (χ0) is 12.0. The molecule has 90 valence electrons. The fraction of sp³-hybridized carbons (Fsp3) is 0.500. The molecule has 1 N–H and O–H groups in total. The first-order chi connectivity index (χ1) is 8.13. The van der Waals surface area contributed by atoms with E-state index in [0.717, 1.165) is 29.0 Å². The molecule has 3 heterocycles. The standard InChI is InChI=1S/C12H15N3OS/c1-8-12(2,5-7-16-8)15-10-9(14-11(15)17)4-3-6-13-10/h3-4,6,8H,5,7H2,1-2H3,(H,14,17). The van der Waals surface area contributed by atoms with Crippen LogP contribution in [0.25, 0.3) is 11.2 Å². The second kappa shape index (κ2) is 3.65. The maximum Gasteiger partial charge on any atom is 0.179 e. The normalized spacial score (nSPS) is 28.9. The molecule has 0 amide bonds. The molecule has 1 saturated heterocycles. The van der Waals surface area contributed by atoms with Gasteiger partial charge in [-0.2, -0.15) is 0 Å². The van der Waals surface area contributed by atoms with E-state index in [1.165, 1.54) is 0 Å². The maximum atomic E-state index is 5.69. The molecule has 2 aromatic heterocycles. The van der Waals surface area contributed by atoms with Crippen molar-refractivity contribution in [2.45, 2.75) is 31.9 Å². The Morgan fingerprint density at radius 1 is 1.65 bits per heavy atom. The van der Waals surface area contributed by atoms with E-state index in [2.05, 4.69) is 28.4 Å². The van der Waals surface area contributed by atoms with Crippen LogP contribution in [0.5, 0.6) is 0 Å². The van der Waals surface area contributed by atoms with E-state index in [1.807, 2.05) is 12.1 Å². The van der Waals surface area contributed by atoms with Gasteiger partial charge in [0.2, 0.25) is 0 Å². The lowest BCUT2D eigenvalue weighted by atomic mass is 9.94. The van der Waals surface area contributed by atoms with Gasteiger partial charge in [-0.15, -0.1) is 0 Å². The summed E-state index contributed by atoms with van der Waals surface area (Å²) in [7, 11) is 0. The first kappa shape index (κ1) is 10.9. The Hall–Kier alpha value is -1.20. The Kier molecular flexibility index (Phi) is 2.34. The molecule has 0 spiro atoms. The summed E-state index contributed by atoms with van der Waals surface area (Å²) in [5.74, 6) is 0. The van der Waals surface area contributed by atoms with Gasteiger partial charge in [0.25, 0.3) is 0 Å². The number of aromatic nitrogens is 3. The number of aromatic amines is 1. The molecular formula is C12H15N3OS. The van der Waals surface area contributed by atoms with Crippen molar-refractivity contribution in [3.05, 3.63) is 23.1 Å². The van der Waals surface area contributed by atoms with Crippen LogP contribution in [0, 0.1) is 4.77 Å². The van der Waals surface area contributed by atoms with Crippen molar-refractivity contribution in [1.29, 1.82) is 0 Å². The zero-order valence-corrected chi connectivity index (χ0v) is 10.8. The lowest BCUT2D eigenvalue weighted by Gasteiger charge is -2.29. The Morgan fingerprint density at radius 2 is 2.47 bits per heavy atom. The number of H-pyrrole nitrogens is 1. The number of hydrogen-bond donors (Lipinski definition) is 1. The molecule has 1 aliphatic heterocycles. The fourth-order valence-electron chi connectivity index (χ4n) is 2.53. The van der Waals surface area contributed by atoms with Gasteiger partial charge in [0.15, 0.2) is 10.4 Å². The van der Waals surface area contributed by atoms with Crippen molar-refractivity contribution in [3.8, 4) is 0 Å². The molecular weight excluding hydrogens is 234 g/mol. The van der Waals surface area contributed by atoms with Gasteiger partial charge in [-0.1, -0.05) is 0 Å². The number of hydrogen-bond acceptors (Lipinski definition) is 3. The fourth-order valence-corrected chi connectivity index (χ4v) is 2.94. The number of nitrogens with zero attached hydrogens (tertiary/aromatic N) is 2. The van der Waals surface area contributed by atoms with Crippen LogP contribution in [0.2, 0.25) is 0 Å². The van der Waals surface area contributed by atoms with E-state index in [9.17, 15) is 0 Å². The molecule has 3 rings (SSSR count). The quantitative estimate of drug-likeness (QED) is 0.790. The largest absolute Gasteiger partial charge is 0.376 e. The third kappa shape index (κ3) is 1.46. The van der Waals surface area contributed by atoms with E-state index in [4.69, 9.17) is 17.0 Å². The second-order valence-electron chi connectivity index (χ2n) is 4.76. The summed E-state index contributed by atoms with van der Waals surface area (Å²) in [6.07, 6.45) is 2.91. The Morgan fingerprint density at radius 3 is 3.18 bits per heavy atom.